The Balaban J connectivity index is 2.32. The van der Waals surface area contributed by atoms with Gasteiger partial charge in [0.1, 0.15) is 6.10 Å². The van der Waals surface area contributed by atoms with Crippen LogP contribution in [0.15, 0.2) is 29.8 Å². The lowest BCUT2D eigenvalue weighted by Crippen LogP contribution is -2.00. The second-order valence-electron chi connectivity index (χ2n) is 2.94. The topological polar surface area (TPSA) is 33.1 Å². The Hall–Kier alpha value is -0.610. The van der Waals surface area contributed by atoms with Crippen molar-refractivity contribution in [2.75, 3.05) is 0 Å². The normalized spacial score (nSPS) is 12.7. The van der Waals surface area contributed by atoms with Gasteiger partial charge in [-0.2, -0.15) is 0 Å². The van der Waals surface area contributed by atoms with Crippen LogP contribution in [0.25, 0.3) is 0 Å². The summed E-state index contributed by atoms with van der Waals surface area (Å²) < 4.78 is 0. The van der Waals surface area contributed by atoms with E-state index in [4.69, 9.17) is 23.2 Å². The summed E-state index contributed by atoms with van der Waals surface area (Å²) in [5.41, 5.74) is 0.545. The molecule has 0 amide bonds. The van der Waals surface area contributed by atoms with E-state index in [1.54, 1.807) is 18.2 Å². The maximum Gasteiger partial charge on any atom is 0.131 e. The van der Waals surface area contributed by atoms with Gasteiger partial charge in [0.25, 0.3) is 0 Å². The number of nitrogens with zero attached hydrogens (tertiary/aromatic N) is 1. The van der Waals surface area contributed by atoms with Crippen molar-refractivity contribution in [1.82, 2.24) is 4.98 Å². The third-order valence-corrected chi connectivity index (χ3v) is 3.56. The van der Waals surface area contributed by atoms with Gasteiger partial charge in [0.2, 0.25) is 0 Å². The molecule has 0 saturated heterocycles. The average Bonchev–Trinajstić information content (AvgIpc) is 2.65. The van der Waals surface area contributed by atoms with Gasteiger partial charge in [0, 0.05) is 6.20 Å². The molecule has 0 aliphatic heterocycles. The molecule has 0 bridgehead atoms. The van der Waals surface area contributed by atoms with Gasteiger partial charge in [-0.25, -0.2) is 0 Å². The molecule has 1 unspecified atom stereocenters. The van der Waals surface area contributed by atoms with Gasteiger partial charge in [-0.15, -0.1) is 11.3 Å². The summed E-state index contributed by atoms with van der Waals surface area (Å²) in [5.74, 6) is 0. The summed E-state index contributed by atoms with van der Waals surface area (Å²) in [5, 5.41) is 12.9. The number of aliphatic hydroxyl groups excluding tert-OH is 1. The standard InChI is InChI=1S/C10H7Cl2NOS/c11-6-1-2-8(13-5-6)9(14)10-7(12)3-4-15-10/h1-5,9,14H. The predicted molar refractivity (Wildman–Crippen MR) is 62.6 cm³/mol. The van der Waals surface area contributed by atoms with Gasteiger partial charge < -0.3 is 5.11 Å². The molecule has 0 spiro atoms. The van der Waals surface area contributed by atoms with Gasteiger partial charge in [-0.05, 0) is 23.6 Å². The fourth-order valence-electron chi connectivity index (χ4n) is 1.18. The molecule has 78 valence electrons. The van der Waals surface area contributed by atoms with Crippen LogP contribution >= 0.6 is 34.5 Å². The van der Waals surface area contributed by atoms with Crippen LogP contribution in [0.4, 0.5) is 0 Å². The molecular formula is C10H7Cl2NOS. The Labute approximate surface area is 101 Å². The molecule has 1 N–H and O–H groups in total. The first kappa shape index (κ1) is 10.9. The Morgan fingerprint density at radius 2 is 2.07 bits per heavy atom. The van der Waals surface area contributed by atoms with Crippen molar-refractivity contribution in [2.45, 2.75) is 6.10 Å². The average molecular weight is 260 g/mol. The van der Waals surface area contributed by atoms with Crippen molar-refractivity contribution in [3.05, 3.63) is 50.4 Å². The monoisotopic (exact) mass is 259 g/mol. The summed E-state index contributed by atoms with van der Waals surface area (Å²) in [6.45, 7) is 0. The van der Waals surface area contributed by atoms with Crippen LogP contribution in [0.2, 0.25) is 10.0 Å². The molecule has 2 heterocycles. The van der Waals surface area contributed by atoms with Crippen LogP contribution in [0.1, 0.15) is 16.7 Å². The predicted octanol–water partition coefficient (Wildman–Crippen LogP) is 3.53. The molecule has 15 heavy (non-hydrogen) atoms. The molecule has 1 atom stereocenters. The van der Waals surface area contributed by atoms with Crippen LogP contribution in [0, 0.1) is 0 Å². The highest BCUT2D eigenvalue weighted by molar-refractivity contribution is 7.10. The zero-order valence-corrected chi connectivity index (χ0v) is 9.85. The zero-order valence-electron chi connectivity index (χ0n) is 7.52. The van der Waals surface area contributed by atoms with Crippen molar-refractivity contribution >= 4 is 34.5 Å². The number of aliphatic hydroxyl groups is 1. The molecule has 0 saturated carbocycles. The fraction of sp³-hybridized carbons (Fsp3) is 0.100. The lowest BCUT2D eigenvalue weighted by molar-refractivity contribution is 0.219. The van der Waals surface area contributed by atoms with Crippen LogP contribution in [0.3, 0.4) is 0 Å². The maximum atomic E-state index is 9.97. The molecule has 5 heteroatoms. The lowest BCUT2D eigenvalue weighted by Gasteiger charge is -2.08. The Bertz CT molecular complexity index is 455. The molecular weight excluding hydrogens is 253 g/mol. The number of aromatic nitrogens is 1. The van der Waals surface area contributed by atoms with E-state index in [1.807, 2.05) is 5.38 Å². The molecule has 2 rings (SSSR count). The Morgan fingerprint density at radius 1 is 1.27 bits per heavy atom. The molecule has 0 aromatic carbocycles. The number of hydrogen-bond donors (Lipinski definition) is 1. The van der Waals surface area contributed by atoms with Crippen molar-refractivity contribution in [3.63, 3.8) is 0 Å². The number of hydrogen-bond acceptors (Lipinski definition) is 3. The second kappa shape index (κ2) is 4.49. The minimum absolute atomic E-state index is 0.545. The highest BCUT2D eigenvalue weighted by Gasteiger charge is 2.16. The van der Waals surface area contributed by atoms with Crippen molar-refractivity contribution in [2.24, 2.45) is 0 Å². The van der Waals surface area contributed by atoms with Crippen LogP contribution < -0.4 is 0 Å². The Kier molecular flexibility index (Phi) is 3.26. The first-order chi connectivity index (χ1) is 7.18. The number of thiophene rings is 1. The van der Waals surface area contributed by atoms with E-state index in [2.05, 4.69) is 4.98 Å². The van der Waals surface area contributed by atoms with Crippen molar-refractivity contribution in [3.8, 4) is 0 Å². The maximum absolute atomic E-state index is 9.97. The van der Waals surface area contributed by atoms with Crippen LogP contribution in [-0.2, 0) is 0 Å². The second-order valence-corrected chi connectivity index (χ2v) is 4.73. The fourth-order valence-corrected chi connectivity index (χ4v) is 2.45. The summed E-state index contributed by atoms with van der Waals surface area (Å²) in [6, 6.07) is 5.12. The summed E-state index contributed by atoms with van der Waals surface area (Å²) in [4.78, 5) is 4.74. The number of halogens is 2. The van der Waals surface area contributed by atoms with Gasteiger partial charge in [-0.1, -0.05) is 23.2 Å². The zero-order chi connectivity index (χ0) is 10.8. The highest BCUT2D eigenvalue weighted by atomic mass is 35.5. The first-order valence-corrected chi connectivity index (χ1v) is 5.84. The van der Waals surface area contributed by atoms with E-state index < -0.39 is 6.10 Å². The van der Waals surface area contributed by atoms with E-state index in [-0.39, 0.29) is 0 Å². The van der Waals surface area contributed by atoms with E-state index in [0.29, 0.717) is 20.6 Å². The largest absolute Gasteiger partial charge is 0.381 e. The van der Waals surface area contributed by atoms with Crippen LogP contribution in [-0.4, -0.2) is 10.1 Å². The van der Waals surface area contributed by atoms with E-state index in [9.17, 15) is 5.11 Å². The number of rotatable bonds is 2. The van der Waals surface area contributed by atoms with Gasteiger partial charge in [0.05, 0.1) is 20.6 Å². The minimum Gasteiger partial charge on any atom is -0.381 e. The summed E-state index contributed by atoms with van der Waals surface area (Å²) >= 11 is 13.0. The molecule has 0 aliphatic rings. The first-order valence-electron chi connectivity index (χ1n) is 4.21. The SMILES string of the molecule is OC(c1ccc(Cl)cn1)c1sccc1Cl. The number of pyridine rings is 1. The summed E-state index contributed by atoms with van der Waals surface area (Å²) in [6.07, 6.45) is 0.719. The molecule has 0 fully saturated rings. The molecule has 2 aromatic heterocycles. The van der Waals surface area contributed by atoms with Crippen molar-refractivity contribution < 1.29 is 5.11 Å². The van der Waals surface area contributed by atoms with E-state index in [0.717, 1.165) is 0 Å². The quantitative estimate of drug-likeness (QED) is 0.895. The molecule has 0 aliphatic carbocycles. The third kappa shape index (κ3) is 2.32. The van der Waals surface area contributed by atoms with E-state index >= 15 is 0 Å². The summed E-state index contributed by atoms with van der Waals surface area (Å²) in [7, 11) is 0. The van der Waals surface area contributed by atoms with Gasteiger partial charge in [0.15, 0.2) is 0 Å². The third-order valence-electron chi connectivity index (χ3n) is 1.92. The van der Waals surface area contributed by atoms with Gasteiger partial charge >= 0.3 is 0 Å². The molecule has 2 nitrogen and oxygen atoms in total. The van der Waals surface area contributed by atoms with Gasteiger partial charge in [-0.3, -0.25) is 4.98 Å². The molecule has 0 radical (unpaired) electrons. The smallest absolute Gasteiger partial charge is 0.131 e. The highest BCUT2D eigenvalue weighted by Crippen LogP contribution is 2.31. The lowest BCUT2D eigenvalue weighted by atomic mass is 10.2. The Morgan fingerprint density at radius 3 is 2.60 bits per heavy atom. The van der Waals surface area contributed by atoms with Crippen LogP contribution in [0.5, 0.6) is 0 Å². The van der Waals surface area contributed by atoms with E-state index in [1.165, 1.54) is 17.5 Å². The molecule has 2 aromatic rings. The minimum atomic E-state index is -0.783. The van der Waals surface area contributed by atoms with Crippen molar-refractivity contribution in [1.29, 1.82) is 0 Å².